The van der Waals surface area contributed by atoms with Gasteiger partial charge in [0.15, 0.2) is 0 Å². The van der Waals surface area contributed by atoms with Crippen LogP contribution in [0, 0.1) is 0 Å². The predicted molar refractivity (Wildman–Crippen MR) is 75.4 cm³/mol. The van der Waals surface area contributed by atoms with Crippen LogP contribution >= 0.6 is 11.6 Å². The second-order valence-electron chi connectivity index (χ2n) is 4.81. The van der Waals surface area contributed by atoms with Gasteiger partial charge in [-0.2, -0.15) is 5.10 Å². The van der Waals surface area contributed by atoms with Crippen LogP contribution in [0.1, 0.15) is 18.2 Å². The van der Waals surface area contributed by atoms with E-state index in [0.29, 0.717) is 5.02 Å². The molecule has 1 aliphatic rings. The normalized spacial score (nSPS) is 15.5. The van der Waals surface area contributed by atoms with Crippen LogP contribution < -0.4 is 0 Å². The molecule has 19 heavy (non-hydrogen) atoms. The zero-order valence-electron chi connectivity index (χ0n) is 10.8. The number of halogens is 1. The number of aromatic hydroxyl groups is 1. The van der Waals surface area contributed by atoms with Crippen LogP contribution in [0.2, 0.25) is 5.02 Å². The van der Waals surface area contributed by atoms with Crippen molar-refractivity contribution in [1.82, 2.24) is 15.1 Å². The van der Waals surface area contributed by atoms with E-state index in [-0.39, 0.29) is 5.75 Å². The van der Waals surface area contributed by atoms with E-state index in [9.17, 15) is 5.11 Å². The number of likely N-dealkylation sites (N-methyl/N-ethyl adjacent to an activating group) is 1. The van der Waals surface area contributed by atoms with Gasteiger partial charge in [-0.3, -0.25) is 10.00 Å². The summed E-state index contributed by atoms with van der Waals surface area (Å²) in [6.07, 6.45) is 1.00. The number of aromatic amines is 1. The summed E-state index contributed by atoms with van der Waals surface area (Å²) >= 11 is 5.97. The molecule has 0 saturated heterocycles. The number of fused-ring (bicyclic) bond motifs is 1. The SMILES string of the molecule is CCN1CCc2[nH]nc(-c3ccc(O)c(Cl)c3)c2C1. The summed E-state index contributed by atoms with van der Waals surface area (Å²) in [6.45, 7) is 5.19. The molecule has 0 spiro atoms. The smallest absolute Gasteiger partial charge is 0.134 e. The maximum Gasteiger partial charge on any atom is 0.134 e. The zero-order valence-corrected chi connectivity index (χ0v) is 11.5. The molecule has 100 valence electrons. The number of phenols is 1. The highest BCUT2D eigenvalue weighted by molar-refractivity contribution is 6.32. The van der Waals surface area contributed by atoms with E-state index in [1.54, 1.807) is 12.1 Å². The molecule has 2 N–H and O–H groups in total. The van der Waals surface area contributed by atoms with Gasteiger partial charge in [0.25, 0.3) is 0 Å². The topological polar surface area (TPSA) is 52.2 Å². The highest BCUT2D eigenvalue weighted by atomic mass is 35.5. The number of rotatable bonds is 2. The Morgan fingerprint density at radius 3 is 3.05 bits per heavy atom. The van der Waals surface area contributed by atoms with Crippen LogP contribution in [0.25, 0.3) is 11.3 Å². The van der Waals surface area contributed by atoms with Crippen LogP contribution in [0.5, 0.6) is 5.75 Å². The molecule has 0 amide bonds. The number of nitrogens with one attached hydrogen (secondary N) is 1. The Hall–Kier alpha value is -1.52. The van der Waals surface area contributed by atoms with Crippen LogP contribution in [-0.4, -0.2) is 33.3 Å². The summed E-state index contributed by atoms with van der Waals surface area (Å²) in [5.41, 5.74) is 4.34. The second-order valence-corrected chi connectivity index (χ2v) is 5.22. The number of hydrogen-bond donors (Lipinski definition) is 2. The van der Waals surface area contributed by atoms with Gasteiger partial charge in [-0.15, -0.1) is 0 Å². The van der Waals surface area contributed by atoms with Gasteiger partial charge in [0.05, 0.1) is 10.7 Å². The first-order valence-corrected chi connectivity index (χ1v) is 6.84. The molecule has 1 aromatic carbocycles. The van der Waals surface area contributed by atoms with Crippen molar-refractivity contribution >= 4 is 11.6 Å². The number of hydrogen-bond acceptors (Lipinski definition) is 3. The Kier molecular flexibility index (Phi) is 3.21. The van der Waals surface area contributed by atoms with Gasteiger partial charge in [0, 0.05) is 36.3 Å². The predicted octanol–water partition coefficient (Wildman–Crippen LogP) is 2.81. The molecule has 5 heteroatoms. The number of phenolic OH excluding ortho intramolecular Hbond substituents is 1. The monoisotopic (exact) mass is 277 g/mol. The lowest BCUT2D eigenvalue weighted by Crippen LogP contribution is -2.30. The summed E-state index contributed by atoms with van der Waals surface area (Å²) in [5.74, 6) is 0.102. The average molecular weight is 278 g/mol. The van der Waals surface area contributed by atoms with E-state index in [4.69, 9.17) is 11.6 Å². The van der Waals surface area contributed by atoms with Crippen molar-refractivity contribution in [2.45, 2.75) is 19.9 Å². The lowest BCUT2D eigenvalue weighted by Gasteiger charge is -2.25. The van der Waals surface area contributed by atoms with Crippen molar-refractivity contribution in [3.63, 3.8) is 0 Å². The fourth-order valence-electron chi connectivity index (χ4n) is 2.51. The van der Waals surface area contributed by atoms with Crippen LogP contribution in [-0.2, 0) is 13.0 Å². The Bertz CT molecular complexity index is 609. The molecule has 0 unspecified atom stereocenters. The average Bonchev–Trinajstić information content (AvgIpc) is 2.84. The molecule has 3 rings (SSSR count). The van der Waals surface area contributed by atoms with Crippen molar-refractivity contribution < 1.29 is 5.11 Å². The molecule has 4 nitrogen and oxygen atoms in total. The van der Waals surface area contributed by atoms with Crippen molar-refractivity contribution in [1.29, 1.82) is 0 Å². The van der Waals surface area contributed by atoms with Crippen LogP contribution in [0.15, 0.2) is 18.2 Å². The third-order valence-electron chi connectivity index (χ3n) is 3.68. The summed E-state index contributed by atoms with van der Waals surface area (Å²) in [5, 5.41) is 17.4. The highest BCUT2D eigenvalue weighted by Crippen LogP contribution is 2.32. The molecule has 1 aliphatic heterocycles. The van der Waals surface area contributed by atoms with Gasteiger partial charge in [-0.05, 0) is 24.7 Å². The second kappa shape index (κ2) is 4.87. The lowest BCUT2D eigenvalue weighted by molar-refractivity contribution is 0.267. The van der Waals surface area contributed by atoms with Gasteiger partial charge < -0.3 is 5.11 Å². The summed E-state index contributed by atoms with van der Waals surface area (Å²) in [6, 6.07) is 5.22. The molecule has 2 heterocycles. The quantitative estimate of drug-likeness (QED) is 0.887. The highest BCUT2D eigenvalue weighted by Gasteiger charge is 2.22. The minimum atomic E-state index is 0.102. The molecule has 1 aromatic heterocycles. The van der Waals surface area contributed by atoms with Crippen molar-refractivity contribution in [2.75, 3.05) is 13.1 Å². The van der Waals surface area contributed by atoms with Crippen molar-refractivity contribution in [2.24, 2.45) is 0 Å². The third kappa shape index (κ3) is 2.22. The molecule has 0 saturated carbocycles. The largest absolute Gasteiger partial charge is 0.506 e. The molecule has 0 aliphatic carbocycles. The first-order chi connectivity index (χ1) is 9.19. The molecular weight excluding hydrogens is 262 g/mol. The zero-order chi connectivity index (χ0) is 13.4. The molecule has 0 fully saturated rings. The molecule has 0 atom stereocenters. The fraction of sp³-hybridized carbons (Fsp3) is 0.357. The van der Waals surface area contributed by atoms with E-state index in [1.807, 2.05) is 6.07 Å². The summed E-state index contributed by atoms with van der Waals surface area (Å²) in [7, 11) is 0. The Balaban J connectivity index is 2.02. The van der Waals surface area contributed by atoms with Crippen molar-refractivity contribution in [3.05, 3.63) is 34.5 Å². The van der Waals surface area contributed by atoms with Crippen LogP contribution in [0.3, 0.4) is 0 Å². The van der Waals surface area contributed by atoms with Crippen LogP contribution in [0.4, 0.5) is 0 Å². The Labute approximate surface area is 117 Å². The first-order valence-electron chi connectivity index (χ1n) is 6.46. The Morgan fingerprint density at radius 1 is 1.47 bits per heavy atom. The molecule has 2 aromatic rings. The standard InChI is InChI=1S/C14H16ClN3O/c1-2-18-6-5-12-10(8-18)14(17-16-12)9-3-4-13(19)11(15)7-9/h3-4,7,19H,2,5-6,8H2,1H3,(H,16,17). The first kappa shape index (κ1) is 12.5. The number of aromatic nitrogens is 2. The van der Waals surface area contributed by atoms with E-state index in [2.05, 4.69) is 22.0 Å². The summed E-state index contributed by atoms with van der Waals surface area (Å²) in [4.78, 5) is 2.39. The van der Waals surface area contributed by atoms with Gasteiger partial charge in [0.1, 0.15) is 5.75 Å². The molecule has 0 radical (unpaired) electrons. The maximum atomic E-state index is 9.49. The Morgan fingerprint density at radius 2 is 2.32 bits per heavy atom. The minimum Gasteiger partial charge on any atom is -0.506 e. The van der Waals surface area contributed by atoms with E-state index < -0.39 is 0 Å². The van der Waals surface area contributed by atoms with Gasteiger partial charge in [0.2, 0.25) is 0 Å². The number of nitrogens with zero attached hydrogens (tertiary/aromatic N) is 2. The van der Waals surface area contributed by atoms with E-state index >= 15 is 0 Å². The van der Waals surface area contributed by atoms with Gasteiger partial charge >= 0.3 is 0 Å². The molecule has 0 bridgehead atoms. The summed E-state index contributed by atoms with van der Waals surface area (Å²) < 4.78 is 0. The fourth-order valence-corrected chi connectivity index (χ4v) is 2.69. The van der Waals surface area contributed by atoms with Gasteiger partial charge in [-0.25, -0.2) is 0 Å². The third-order valence-corrected chi connectivity index (χ3v) is 3.98. The van der Waals surface area contributed by atoms with Gasteiger partial charge in [-0.1, -0.05) is 18.5 Å². The maximum absolute atomic E-state index is 9.49. The minimum absolute atomic E-state index is 0.102. The number of H-pyrrole nitrogens is 1. The lowest BCUT2D eigenvalue weighted by atomic mass is 10.0. The van der Waals surface area contributed by atoms with E-state index in [1.165, 1.54) is 11.3 Å². The van der Waals surface area contributed by atoms with Crippen molar-refractivity contribution in [3.8, 4) is 17.0 Å². The molecular formula is C14H16ClN3O. The number of benzene rings is 1. The van der Waals surface area contributed by atoms with E-state index in [0.717, 1.165) is 37.3 Å².